The van der Waals surface area contributed by atoms with Crippen LogP contribution in [0.3, 0.4) is 0 Å². The van der Waals surface area contributed by atoms with Crippen molar-refractivity contribution < 1.29 is 0 Å². The normalized spacial score (nSPS) is 10.9. The smallest absolute Gasteiger partial charge is 0.0566 e. The van der Waals surface area contributed by atoms with Crippen LogP contribution in [0, 0.1) is 0 Å². The second-order valence-corrected chi connectivity index (χ2v) is 3.34. The highest BCUT2D eigenvalue weighted by Gasteiger charge is 2.07. The van der Waals surface area contributed by atoms with Crippen LogP contribution < -0.4 is 0 Å². The minimum absolute atomic E-state index is 1.11. The molecule has 0 radical (unpaired) electrons. The van der Waals surface area contributed by atoms with Gasteiger partial charge in [-0.1, -0.05) is 6.58 Å². The molecular formula is C12H9N3. The summed E-state index contributed by atoms with van der Waals surface area (Å²) in [5.74, 6) is 0. The molecule has 0 N–H and O–H groups in total. The van der Waals surface area contributed by atoms with Crippen LogP contribution in [0.15, 0.2) is 43.5 Å². The van der Waals surface area contributed by atoms with Gasteiger partial charge < -0.3 is 4.57 Å². The molecule has 0 aromatic carbocycles. The van der Waals surface area contributed by atoms with Crippen molar-refractivity contribution in [2.75, 3.05) is 0 Å². The number of nitrogens with zero attached hydrogens (tertiary/aromatic N) is 3. The molecule has 0 bridgehead atoms. The van der Waals surface area contributed by atoms with Crippen molar-refractivity contribution in [1.29, 1.82) is 0 Å². The monoisotopic (exact) mass is 195 g/mol. The fraction of sp³-hybridized carbons (Fsp3) is 0. The van der Waals surface area contributed by atoms with Crippen molar-refractivity contribution in [3.8, 4) is 0 Å². The lowest BCUT2D eigenvalue weighted by molar-refractivity contribution is 1.27. The fourth-order valence-corrected chi connectivity index (χ4v) is 1.94. The van der Waals surface area contributed by atoms with E-state index >= 15 is 0 Å². The van der Waals surface area contributed by atoms with Crippen molar-refractivity contribution in [3.05, 3.63) is 43.5 Å². The van der Waals surface area contributed by atoms with Gasteiger partial charge in [0.05, 0.1) is 11.0 Å². The van der Waals surface area contributed by atoms with Crippen LogP contribution in [0.1, 0.15) is 0 Å². The van der Waals surface area contributed by atoms with Crippen LogP contribution >= 0.6 is 0 Å². The Morgan fingerprint density at radius 1 is 1.00 bits per heavy atom. The Morgan fingerprint density at radius 2 is 1.53 bits per heavy atom. The van der Waals surface area contributed by atoms with Gasteiger partial charge in [0, 0.05) is 41.8 Å². The summed E-state index contributed by atoms with van der Waals surface area (Å²) in [5.41, 5.74) is 2.23. The Labute approximate surface area is 86.7 Å². The summed E-state index contributed by atoms with van der Waals surface area (Å²) in [7, 11) is 0. The lowest BCUT2D eigenvalue weighted by Gasteiger charge is -1.96. The maximum atomic E-state index is 4.14. The van der Waals surface area contributed by atoms with E-state index in [1.165, 1.54) is 0 Å². The van der Waals surface area contributed by atoms with E-state index in [0.29, 0.717) is 0 Å². The highest BCUT2D eigenvalue weighted by molar-refractivity contribution is 6.08. The summed E-state index contributed by atoms with van der Waals surface area (Å²) in [6.07, 6.45) is 9.10. The Morgan fingerprint density at radius 3 is 2.00 bits per heavy atom. The summed E-state index contributed by atoms with van der Waals surface area (Å²) in [5, 5.41) is 2.22. The van der Waals surface area contributed by atoms with Crippen LogP contribution in [-0.4, -0.2) is 14.5 Å². The minimum atomic E-state index is 1.11. The first kappa shape index (κ1) is 8.17. The van der Waals surface area contributed by atoms with E-state index in [1.807, 2.05) is 35.3 Å². The van der Waals surface area contributed by atoms with Gasteiger partial charge >= 0.3 is 0 Å². The SMILES string of the molecule is C=Cn1c2ccncc2c2cnccc21. The Kier molecular flexibility index (Phi) is 1.59. The predicted molar refractivity (Wildman–Crippen MR) is 61.4 cm³/mol. The molecule has 3 rings (SSSR count). The first-order valence-corrected chi connectivity index (χ1v) is 4.72. The third-order valence-electron chi connectivity index (χ3n) is 2.59. The average molecular weight is 195 g/mol. The van der Waals surface area contributed by atoms with Crippen molar-refractivity contribution >= 4 is 28.0 Å². The molecule has 0 aliphatic heterocycles. The largest absolute Gasteiger partial charge is 0.316 e. The van der Waals surface area contributed by atoms with E-state index in [1.54, 1.807) is 12.4 Å². The molecule has 0 saturated carbocycles. The summed E-state index contributed by atoms with van der Waals surface area (Å²) < 4.78 is 2.05. The van der Waals surface area contributed by atoms with Crippen molar-refractivity contribution in [2.45, 2.75) is 0 Å². The number of hydrogen-bond donors (Lipinski definition) is 0. The highest BCUT2D eigenvalue weighted by atomic mass is 15.0. The second kappa shape index (κ2) is 2.92. The number of aromatic nitrogens is 3. The first-order chi connectivity index (χ1) is 7.42. The van der Waals surface area contributed by atoms with E-state index in [4.69, 9.17) is 0 Å². The number of fused-ring (bicyclic) bond motifs is 3. The van der Waals surface area contributed by atoms with Crippen LogP contribution in [0.2, 0.25) is 0 Å². The van der Waals surface area contributed by atoms with E-state index in [-0.39, 0.29) is 0 Å². The molecule has 0 unspecified atom stereocenters. The van der Waals surface area contributed by atoms with Gasteiger partial charge in [-0.25, -0.2) is 0 Å². The Balaban J connectivity index is 2.68. The predicted octanol–water partition coefficient (Wildman–Crippen LogP) is 2.69. The van der Waals surface area contributed by atoms with Gasteiger partial charge in [0.25, 0.3) is 0 Å². The lowest BCUT2D eigenvalue weighted by atomic mass is 10.2. The molecule has 0 saturated heterocycles. The lowest BCUT2D eigenvalue weighted by Crippen LogP contribution is -1.83. The van der Waals surface area contributed by atoms with E-state index in [2.05, 4.69) is 16.5 Å². The fourth-order valence-electron chi connectivity index (χ4n) is 1.94. The molecule has 3 aromatic rings. The molecule has 0 amide bonds. The molecule has 0 fully saturated rings. The van der Waals surface area contributed by atoms with Crippen molar-refractivity contribution in [2.24, 2.45) is 0 Å². The van der Waals surface area contributed by atoms with Crippen LogP contribution in [0.25, 0.3) is 28.0 Å². The first-order valence-electron chi connectivity index (χ1n) is 4.72. The standard InChI is InChI=1S/C12H9N3/c1-2-15-11-3-5-13-7-9(11)10-8-14-6-4-12(10)15/h2-8H,1H2. The topological polar surface area (TPSA) is 30.7 Å². The summed E-state index contributed by atoms with van der Waals surface area (Å²) in [6, 6.07) is 3.97. The van der Waals surface area contributed by atoms with Gasteiger partial charge in [-0.05, 0) is 12.1 Å². The summed E-state index contributed by atoms with van der Waals surface area (Å²) >= 11 is 0. The van der Waals surface area contributed by atoms with Crippen LogP contribution in [0.5, 0.6) is 0 Å². The Bertz CT molecular complexity index is 599. The summed E-state index contributed by atoms with van der Waals surface area (Å²) in [4.78, 5) is 8.27. The third kappa shape index (κ3) is 1.00. The molecule has 15 heavy (non-hydrogen) atoms. The van der Waals surface area contributed by atoms with Crippen molar-refractivity contribution in [3.63, 3.8) is 0 Å². The molecular weight excluding hydrogens is 186 g/mol. The molecule has 0 aliphatic carbocycles. The molecule has 3 heteroatoms. The number of rotatable bonds is 1. The van der Waals surface area contributed by atoms with E-state index in [9.17, 15) is 0 Å². The zero-order valence-corrected chi connectivity index (χ0v) is 8.09. The van der Waals surface area contributed by atoms with Gasteiger partial charge in [0.1, 0.15) is 0 Å². The minimum Gasteiger partial charge on any atom is -0.316 e. The average Bonchev–Trinajstić information content (AvgIpc) is 2.63. The molecule has 3 heterocycles. The Hall–Kier alpha value is -2.16. The number of hydrogen-bond acceptors (Lipinski definition) is 2. The van der Waals surface area contributed by atoms with Gasteiger partial charge in [0.15, 0.2) is 0 Å². The van der Waals surface area contributed by atoms with Gasteiger partial charge in [-0.15, -0.1) is 0 Å². The highest BCUT2D eigenvalue weighted by Crippen LogP contribution is 2.27. The molecule has 3 aromatic heterocycles. The number of pyridine rings is 2. The van der Waals surface area contributed by atoms with Gasteiger partial charge in [0.2, 0.25) is 0 Å². The molecule has 3 nitrogen and oxygen atoms in total. The maximum absolute atomic E-state index is 4.14. The quantitative estimate of drug-likeness (QED) is 0.597. The van der Waals surface area contributed by atoms with Gasteiger partial charge in [-0.2, -0.15) is 0 Å². The molecule has 0 spiro atoms. The third-order valence-corrected chi connectivity index (χ3v) is 2.59. The van der Waals surface area contributed by atoms with E-state index in [0.717, 1.165) is 21.8 Å². The molecule has 0 atom stereocenters. The summed E-state index contributed by atoms with van der Waals surface area (Å²) in [6.45, 7) is 3.83. The zero-order valence-electron chi connectivity index (χ0n) is 8.09. The van der Waals surface area contributed by atoms with Gasteiger partial charge in [-0.3, -0.25) is 9.97 Å². The maximum Gasteiger partial charge on any atom is 0.0566 e. The second-order valence-electron chi connectivity index (χ2n) is 3.34. The van der Waals surface area contributed by atoms with Crippen LogP contribution in [-0.2, 0) is 0 Å². The van der Waals surface area contributed by atoms with Crippen molar-refractivity contribution in [1.82, 2.24) is 14.5 Å². The zero-order chi connectivity index (χ0) is 10.3. The van der Waals surface area contributed by atoms with Crippen LogP contribution in [0.4, 0.5) is 0 Å². The van der Waals surface area contributed by atoms with E-state index < -0.39 is 0 Å². The molecule has 72 valence electrons. The molecule has 0 aliphatic rings.